The van der Waals surface area contributed by atoms with Gasteiger partial charge in [0.25, 0.3) is 5.89 Å². The number of aromatic nitrogens is 1. The van der Waals surface area contributed by atoms with Crippen molar-refractivity contribution in [2.75, 3.05) is 5.73 Å². The zero-order chi connectivity index (χ0) is 17.0. The molecule has 6 heteroatoms. The second kappa shape index (κ2) is 4.86. The predicted molar refractivity (Wildman–Crippen MR) is 90.1 cm³/mol. The number of aryl methyl sites for hydroxylation is 2. The van der Waals surface area contributed by atoms with Crippen molar-refractivity contribution >= 4 is 33.7 Å². The van der Waals surface area contributed by atoms with E-state index in [0.717, 1.165) is 16.5 Å². The molecule has 2 heterocycles. The molecule has 24 heavy (non-hydrogen) atoms. The molecule has 0 aliphatic rings. The van der Waals surface area contributed by atoms with Gasteiger partial charge in [-0.2, -0.15) is 0 Å². The molecule has 2 aromatic heterocycles. The van der Waals surface area contributed by atoms with Gasteiger partial charge in [-0.15, -0.1) is 0 Å². The van der Waals surface area contributed by atoms with E-state index in [1.165, 1.54) is 12.1 Å². The molecular weight excluding hydrogens is 308 g/mol. The van der Waals surface area contributed by atoms with E-state index in [1.54, 1.807) is 6.07 Å². The number of carboxylic acids is 1. The maximum absolute atomic E-state index is 11.1. The van der Waals surface area contributed by atoms with Crippen molar-refractivity contribution in [2.24, 2.45) is 0 Å². The molecule has 0 unspecified atom stereocenters. The maximum Gasteiger partial charge on any atom is 0.335 e. The molecule has 0 spiro atoms. The summed E-state index contributed by atoms with van der Waals surface area (Å²) in [7, 11) is 0. The monoisotopic (exact) mass is 322 g/mol. The van der Waals surface area contributed by atoms with Gasteiger partial charge in [0.1, 0.15) is 11.1 Å². The molecule has 4 aromatic rings. The fraction of sp³-hybridized carbons (Fsp3) is 0.111. The van der Waals surface area contributed by atoms with Gasteiger partial charge in [0.15, 0.2) is 5.58 Å². The lowest BCUT2D eigenvalue weighted by Crippen LogP contribution is -1.94. The van der Waals surface area contributed by atoms with E-state index >= 15 is 0 Å². The first-order chi connectivity index (χ1) is 11.5. The van der Waals surface area contributed by atoms with Crippen LogP contribution < -0.4 is 5.73 Å². The molecule has 0 atom stereocenters. The van der Waals surface area contributed by atoms with Crippen LogP contribution in [0, 0.1) is 13.8 Å². The van der Waals surface area contributed by atoms with Crippen molar-refractivity contribution in [1.29, 1.82) is 0 Å². The number of oxazole rings is 1. The van der Waals surface area contributed by atoms with Crippen LogP contribution in [0.3, 0.4) is 0 Å². The van der Waals surface area contributed by atoms with Crippen LogP contribution >= 0.6 is 0 Å². The van der Waals surface area contributed by atoms with Crippen molar-refractivity contribution in [3.8, 4) is 11.7 Å². The third kappa shape index (κ3) is 1.96. The first-order valence-electron chi connectivity index (χ1n) is 7.38. The Balaban J connectivity index is 1.94. The maximum atomic E-state index is 11.1. The number of nitrogens with zero attached hydrogens (tertiary/aromatic N) is 1. The Morgan fingerprint density at radius 1 is 1.17 bits per heavy atom. The minimum atomic E-state index is -1.02. The topological polar surface area (TPSA) is 102 Å². The van der Waals surface area contributed by atoms with E-state index in [-0.39, 0.29) is 11.5 Å². The fourth-order valence-corrected chi connectivity index (χ4v) is 2.73. The van der Waals surface area contributed by atoms with Crippen molar-refractivity contribution in [2.45, 2.75) is 13.8 Å². The molecule has 0 saturated heterocycles. The Bertz CT molecular complexity index is 1120. The number of carboxylic acid groups (broad SMARTS) is 1. The van der Waals surface area contributed by atoms with Gasteiger partial charge >= 0.3 is 5.97 Å². The zero-order valence-corrected chi connectivity index (χ0v) is 13.1. The highest BCUT2D eigenvalue weighted by Crippen LogP contribution is 2.38. The summed E-state index contributed by atoms with van der Waals surface area (Å²) >= 11 is 0. The van der Waals surface area contributed by atoms with Crippen LogP contribution in [0.2, 0.25) is 0 Å². The Labute approximate surface area is 136 Å². The lowest BCUT2D eigenvalue weighted by Gasteiger charge is -1.98. The largest absolute Gasteiger partial charge is 0.478 e. The summed E-state index contributed by atoms with van der Waals surface area (Å²) in [6, 6.07) is 8.40. The second-order valence-electron chi connectivity index (χ2n) is 5.74. The van der Waals surface area contributed by atoms with Crippen molar-refractivity contribution in [1.82, 2.24) is 4.98 Å². The molecule has 0 amide bonds. The molecule has 0 radical (unpaired) electrons. The second-order valence-corrected chi connectivity index (χ2v) is 5.74. The quantitative estimate of drug-likeness (QED) is 0.575. The number of aromatic carboxylic acids is 1. The Morgan fingerprint density at radius 2 is 1.96 bits per heavy atom. The molecule has 2 aromatic carbocycles. The average Bonchev–Trinajstić information content (AvgIpc) is 3.11. The van der Waals surface area contributed by atoms with Gasteiger partial charge in [0.05, 0.1) is 11.3 Å². The van der Waals surface area contributed by atoms with Gasteiger partial charge in [0.2, 0.25) is 5.76 Å². The number of benzene rings is 2. The van der Waals surface area contributed by atoms with Crippen LogP contribution in [0.15, 0.2) is 39.2 Å². The number of anilines is 1. The van der Waals surface area contributed by atoms with Crippen LogP contribution in [-0.2, 0) is 0 Å². The highest BCUT2D eigenvalue weighted by molar-refractivity contribution is 5.99. The molecule has 0 aliphatic carbocycles. The molecule has 3 N–H and O–H groups in total. The van der Waals surface area contributed by atoms with Gasteiger partial charge in [-0.05, 0) is 49.2 Å². The average molecular weight is 322 g/mol. The lowest BCUT2D eigenvalue weighted by molar-refractivity contribution is 0.0697. The van der Waals surface area contributed by atoms with E-state index in [9.17, 15) is 4.79 Å². The molecular formula is C18H14N2O4. The summed E-state index contributed by atoms with van der Waals surface area (Å²) in [5.74, 6) is -0.436. The molecule has 120 valence electrons. The summed E-state index contributed by atoms with van der Waals surface area (Å²) in [6.45, 7) is 3.97. The van der Waals surface area contributed by atoms with Gasteiger partial charge in [0, 0.05) is 5.39 Å². The van der Waals surface area contributed by atoms with Crippen LogP contribution in [0.25, 0.3) is 33.7 Å². The normalized spacial score (nSPS) is 11.4. The standard InChI is InChI=1S/C18H14N2O4/c1-8-3-5-11-14(19)16(24-15(11)9(8)2)17-20-12-6-4-10(18(21)22)7-13(12)23-17/h3-7H,19H2,1-2H3,(H,21,22). The summed E-state index contributed by atoms with van der Waals surface area (Å²) in [5, 5.41) is 9.87. The Morgan fingerprint density at radius 3 is 2.71 bits per heavy atom. The Kier molecular flexibility index (Phi) is 2.90. The fourth-order valence-electron chi connectivity index (χ4n) is 2.73. The molecule has 0 aliphatic heterocycles. The lowest BCUT2D eigenvalue weighted by atomic mass is 10.1. The molecule has 0 bridgehead atoms. The molecule has 4 rings (SSSR count). The SMILES string of the molecule is Cc1ccc2c(N)c(-c3nc4ccc(C(=O)O)cc4o3)oc2c1C. The number of hydrogen-bond donors (Lipinski definition) is 2. The summed E-state index contributed by atoms with van der Waals surface area (Å²) in [4.78, 5) is 15.4. The third-order valence-corrected chi connectivity index (χ3v) is 4.25. The van der Waals surface area contributed by atoms with E-state index in [0.29, 0.717) is 28.1 Å². The first kappa shape index (κ1) is 14.3. The van der Waals surface area contributed by atoms with Gasteiger partial charge in [-0.1, -0.05) is 6.07 Å². The number of nitrogens with two attached hydrogens (primary N) is 1. The minimum absolute atomic E-state index is 0.134. The van der Waals surface area contributed by atoms with Crippen molar-refractivity contribution < 1.29 is 18.7 Å². The van der Waals surface area contributed by atoms with E-state index in [4.69, 9.17) is 19.7 Å². The van der Waals surface area contributed by atoms with Crippen molar-refractivity contribution in [3.05, 3.63) is 47.0 Å². The summed E-state index contributed by atoms with van der Waals surface area (Å²) < 4.78 is 11.6. The van der Waals surface area contributed by atoms with Gasteiger partial charge in [-0.3, -0.25) is 0 Å². The number of carbonyl (C=O) groups is 1. The van der Waals surface area contributed by atoms with Crippen LogP contribution in [-0.4, -0.2) is 16.1 Å². The zero-order valence-electron chi connectivity index (χ0n) is 13.1. The van der Waals surface area contributed by atoms with E-state index in [2.05, 4.69) is 4.98 Å². The third-order valence-electron chi connectivity index (χ3n) is 4.25. The predicted octanol–water partition coefficient (Wildman–Crippen LogP) is 4.14. The number of hydrogen-bond acceptors (Lipinski definition) is 5. The summed E-state index contributed by atoms with van der Waals surface area (Å²) in [6.07, 6.45) is 0. The van der Waals surface area contributed by atoms with Crippen molar-refractivity contribution in [3.63, 3.8) is 0 Å². The first-order valence-corrected chi connectivity index (χ1v) is 7.38. The molecule has 0 fully saturated rings. The van der Waals surface area contributed by atoms with Crippen LogP contribution in [0.1, 0.15) is 21.5 Å². The number of furan rings is 1. The van der Waals surface area contributed by atoms with E-state index < -0.39 is 5.97 Å². The number of nitrogen functional groups attached to an aromatic ring is 1. The highest BCUT2D eigenvalue weighted by Gasteiger charge is 2.20. The molecule has 6 nitrogen and oxygen atoms in total. The van der Waals surface area contributed by atoms with Crippen LogP contribution in [0.5, 0.6) is 0 Å². The highest BCUT2D eigenvalue weighted by atomic mass is 16.4. The smallest absolute Gasteiger partial charge is 0.335 e. The van der Waals surface area contributed by atoms with Gasteiger partial charge < -0.3 is 19.7 Å². The number of fused-ring (bicyclic) bond motifs is 2. The Hall–Kier alpha value is -3.28. The van der Waals surface area contributed by atoms with E-state index in [1.807, 2.05) is 26.0 Å². The summed E-state index contributed by atoms with van der Waals surface area (Å²) in [5.41, 5.74) is 10.5. The number of rotatable bonds is 2. The molecule has 0 saturated carbocycles. The minimum Gasteiger partial charge on any atom is -0.478 e. The van der Waals surface area contributed by atoms with Crippen LogP contribution in [0.4, 0.5) is 5.69 Å². The van der Waals surface area contributed by atoms with Gasteiger partial charge in [-0.25, -0.2) is 9.78 Å².